The van der Waals surface area contributed by atoms with Gasteiger partial charge >= 0.3 is 6.18 Å². The number of carbonyl (C=O) groups excluding carboxylic acids is 1. The van der Waals surface area contributed by atoms with E-state index in [-0.39, 0.29) is 13.0 Å². The minimum absolute atomic E-state index is 0.0663. The average molecular weight is 198 g/mol. The zero-order valence-electron chi connectivity index (χ0n) is 6.93. The highest BCUT2D eigenvalue weighted by atomic mass is 19.4. The molecule has 0 saturated carbocycles. The molecule has 6 heteroatoms. The van der Waals surface area contributed by atoms with Crippen LogP contribution in [0.25, 0.3) is 0 Å². The molecule has 13 heavy (non-hydrogen) atoms. The van der Waals surface area contributed by atoms with Crippen LogP contribution in [0.4, 0.5) is 13.2 Å². The zero-order chi connectivity index (χ0) is 10.1. The van der Waals surface area contributed by atoms with E-state index in [0.29, 0.717) is 0 Å². The normalized spacial score (nSPS) is 29.2. The molecule has 0 spiro atoms. The molecular formula is C7H9F3O3. The van der Waals surface area contributed by atoms with Gasteiger partial charge in [-0.15, -0.1) is 0 Å². The molecule has 3 nitrogen and oxygen atoms in total. The number of alkyl halides is 3. The summed E-state index contributed by atoms with van der Waals surface area (Å²) >= 11 is 0. The summed E-state index contributed by atoms with van der Waals surface area (Å²) in [4.78, 5) is 10.8. The Bertz CT molecular complexity index is 202. The van der Waals surface area contributed by atoms with Crippen LogP contribution >= 0.6 is 0 Å². The molecule has 0 aliphatic carbocycles. The van der Waals surface area contributed by atoms with Gasteiger partial charge in [0.25, 0.3) is 0 Å². The molecule has 0 radical (unpaired) electrons. The van der Waals surface area contributed by atoms with Crippen molar-refractivity contribution in [2.75, 3.05) is 13.7 Å². The van der Waals surface area contributed by atoms with Gasteiger partial charge in [0.15, 0.2) is 6.29 Å². The molecule has 2 atom stereocenters. The van der Waals surface area contributed by atoms with E-state index in [0.717, 1.165) is 0 Å². The molecule has 0 amide bonds. The fourth-order valence-corrected chi connectivity index (χ4v) is 1.26. The van der Waals surface area contributed by atoms with Crippen molar-refractivity contribution in [1.82, 2.24) is 0 Å². The quantitative estimate of drug-likeness (QED) is 0.667. The SMILES string of the molecule is COC1OCCC1C(=O)C(F)(F)F. The molecule has 0 aromatic carbocycles. The van der Waals surface area contributed by atoms with Gasteiger partial charge in [-0.1, -0.05) is 0 Å². The highest BCUT2D eigenvalue weighted by molar-refractivity contribution is 5.86. The third-order valence-electron chi connectivity index (χ3n) is 1.89. The van der Waals surface area contributed by atoms with E-state index in [1.54, 1.807) is 0 Å². The van der Waals surface area contributed by atoms with Gasteiger partial charge in [-0.25, -0.2) is 0 Å². The van der Waals surface area contributed by atoms with E-state index < -0.39 is 24.2 Å². The number of Topliss-reactive ketones (excluding diaryl/α,β-unsaturated/α-hetero) is 1. The predicted octanol–water partition coefficient (Wildman–Crippen LogP) is 1.13. The van der Waals surface area contributed by atoms with Crippen molar-refractivity contribution in [2.24, 2.45) is 5.92 Å². The Labute approximate surface area is 72.8 Å². The Kier molecular flexibility index (Phi) is 2.92. The maximum absolute atomic E-state index is 12.0. The second-order valence-corrected chi connectivity index (χ2v) is 2.73. The summed E-state index contributed by atoms with van der Waals surface area (Å²) in [5, 5.41) is 0. The Morgan fingerprint density at radius 2 is 2.15 bits per heavy atom. The lowest BCUT2D eigenvalue weighted by atomic mass is 10.0. The fraction of sp³-hybridized carbons (Fsp3) is 0.857. The largest absolute Gasteiger partial charge is 0.450 e. The van der Waals surface area contributed by atoms with Gasteiger partial charge in [-0.3, -0.25) is 4.79 Å². The van der Waals surface area contributed by atoms with Crippen LogP contribution in [0.2, 0.25) is 0 Å². The number of carbonyl (C=O) groups is 1. The number of methoxy groups -OCH3 is 1. The summed E-state index contributed by atoms with van der Waals surface area (Å²) in [5.74, 6) is -2.97. The predicted molar refractivity (Wildman–Crippen MR) is 35.9 cm³/mol. The Morgan fingerprint density at radius 1 is 1.54 bits per heavy atom. The molecule has 1 fully saturated rings. The van der Waals surface area contributed by atoms with E-state index in [4.69, 9.17) is 4.74 Å². The minimum atomic E-state index is -4.80. The Hall–Kier alpha value is -0.620. The third kappa shape index (κ3) is 2.19. The van der Waals surface area contributed by atoms with Gasteiger partial charge in [-0.05, 0) is 6.42 Å². The van der Waals surface area contributed by atoms with Crippen molar-refractivity contribution in [3.8, 4) is 0 Å². The molecule has 0 aromatic heterocycles. The number of hydrogen-bond acceptors (Lipinski definition) is 3. The van der Waals surface area contributed by atoms with Crippen LogP contribution in [-0.4, -0.2) is 32.0 Å². The molecule has 76 valence electrons. The highest BCUT2D eigenvalue weighted by Crippen LogP contribution is 2.30. The first-order valence-corrected chi connectivity index (χ1v) is 3.72. The Morgan fingerprint density at radius 3 is 2.62 bits per heavy atom. The van der Waals surface area contributed by atoms with Crippen LogP contribution in [0.3, 0.4) is 0 Å². The van der Waals surface area contributed by atoms with Gasteiger partial charge in [0.2, 0.25) is 5.78 Å². The van der Waals surface area contributed by atoms with Gasteiger partial charge in [0, 0.05) is 7.11 Å². The molecule has 1 saturated heterocycles. The van der Waals surface area contributed by atoms with Crippen molar-refractivity contribution >= 4 is 5.78 Å². The summed E-state index contributed by atoms with van der Waals surface area (Å²) in [6.07, 6.45) is -5.78. The summed E-state index contributed by atoms with van der Waals surface area (Å²) in [7, 11) is 1.21. The van der Waals surface area contributed by atoms with Crippen molar-refractivity contribution < 1.29 is 27.4 Å². The average Bonchev–Trinajstić information content (AvgIpc) is 2.48. The minimum Gasteiger partial charge on any atom is -0.355 e. The lowest BCUT2D eigenvalue weighted by Crippen LogP contribution is -2.35. The van der Waals surface area contributed by atoms with Crippen LogP contribution in [0.5, 0.6) is 0 Å². The summed E-state index contributed by atoms with van der Waals surface area (Å²) in [5.41, 5.74) is 0. The Balaban J connectivity index is 2.66. The first-order valence-electron chi connectivity index (χ1n) is 3.72. The van der Waals surface area contributed by atoms with Gasteiger partial charge in [0.1, 0.15) is 0 Å². The molecule has 1 rings (SSSR count). The highest BCUT2D eigenvalue weighted by Gasteiger charge is 2.48. The van der Waals surface area contributed by atoms with Crippen LogP contribution in [0, 0.1) is 5.92 Å². The monoisotopic (exact) mass is 198 g/mol. The van der Waals surface area contributed by atoms with Crippen molar-refractivity contribution in [3.05, 3.63) is 0 Å². The number of ketones is 1. The van der Waals surface area contributed by atoms with Gasteiger partial charge < -0.3 is 9.47 Å². The van der Waals surface area contributed by atoms with Crippen LogP contribution in [-0.2, 0) is 14.3 Å². The lowest BCUT2D eigenvalue weighted by molar-refractivity contribution is -0.186. The molecule has 0 aromatic rings. The number of hydrogen-bond donors (Lipinski definition) is 0. The molecular weight excluding hydrogens is 189 g/mol. The molecule has 1 heterocycles. The first-order chi connectivity index (χ1) is 5.96. The van der Waals surface area contributed by atoms with E-state index in [9.17, 15) is 18.0 Å². The van der Waals surface area contributed by atoms with Crippen LogP contribution in [0.1, 0.15) is 6.42 Å². The summed E-state index contributed by atoms with van der Waals surface area (Å²) in [6.45, 7) is 0.130. The van der Waals surface area contributed by atoms with E-state index >= 15 is 0 Å². The third-order valence-corrected chi connectivity index (χ3v) is 1.89. The second-order valence-electron chi connectivity index (χ2n) is 2.73. The topological polar surface area (TPSA) is 35.5 Å². The van der Waals surface area contributed by atoms with E-state index in [1.165, 1.54) is 7.11 Å². The molecule has 2 unspecified atom stereocenters. The molecule has 0 N–H and O–H groups in total. The van der Waals surface area contributed by atoms with Crippen LogP contribution < -0.4 is 0 Å². The standard InChI is InChI=1S/C7H9F3O3/c1-12-6-4(2-3-13-6)5(11)7(8,9)10/h4,6H,2-3H2,1H3. The van der Waals surface area contributed by atoms with Crippen molar-refractivity contribution in [3.63, 3.8) is 0 Å². The maximum atomic E-state index is 12.0. The number of halogens is 3. The molecule has 1 aliphatic rings. The number of rotatable bonds is 2. The zero-order valence-corrected chi connectivity index (χ0v) is 6.93. The van der Waals surface area contributed by atoms with Gasteiger partial charge in [0.05, 0.1) is 12.5 Å². The van der Waals surface area contributed by atoms with E-state index in [2.05, 4.69) is 4.74 Å². The summed E-state index contributed by atoms with van der Waals surface area (Å²) < 4.78 is 45.2. The molecule has 0 bridgehead atoms. The van der Waals surface area contributed by atoms with E-state index in [1.807, 2.05) is 0 Å². The molecule has 1 aliphatic heterocycles. The first kappa shape index (κ1) is 10.5. The smallest absolute Gasteiger partial charge is 0.355 e. The maximum Gasteiger partial charge on any atom is 0.450 e. The second kappa shape index (κ2) is 3.63. The summed E-state index contributed by atoms with van der Waals surface area (Å²) in [6, 6.07) is 0. The fourth-order valence-electron chi connectivity index (χ4n) is 1.26. The lowest BCUT2D eigenvalue weighted by Gasteiger charge is -2.16. The van der Waals surface area contributed by atoms with Crippen molar-refractivity contribution in [2.45, 2.75) is 18.9 Å². The van der Waals surface area contributed by atoms with Gasteiger partial charge in [-0.2, -0.15) is 13.2 Å². The van der Waals surface area contributed by atoms with Crippen molar-refractivity contribution in [1.29, 1.82) is 0 Å². The number of ether oxygens (including phenoxy) is 2. The van der Waals surface area contributed by atoms with Crippen LogP contribution in [0.15, 0.2) is 0 Å².